The van der Waals surface area contributed by atoms with E-state index in [1.165, 1.54) is 12.0 Å². The SMILES string of the molecule is C=C(C)CC1CCC1CC(=O)O. The highest BCUT2D eigenvalue weighted by Crippen LogP contribution is 2.40. The highest BCUT2D eigenvalue weighted by Gasteiger charge is 2.31. The molecule has 0 amide bonds. The Bertz CT molecular complexity index is 174. The summed E-state index contributed by atoms with van der Waals surface area (Å²) < 4.78 is 0. The molecular formula is C10H16O2. The van der Waals surface area contributed by atoms with Crippen LogP contribution in [0, 0.1) is 11.8 Å². The number of aliphatic carboxylic acids is 1. The van der Waals surface area contributed by atoms with Crippen LogP contribution >= 0.6 is 0 Å². The minimum absolute atomic E-state index is 0.345. The zero-order valence-corrected chi connectivity index (χ0v) is 7.55. The first kappa shape index (κ1) is 9.30. The summed E-state index contributed by atoms with van der Waals surface area (Å²) in [6.45, 7) is 5.85. The van der Waals surface area contributed by atoms with Gasteiger partial charge in [0.25, 0.3) is 0 Å². The second-order valence-electron chi connectivity index (χ2n) is 3.86. The summed E-state index contributed by atoms with van der Waals surface area (Å²) in [5, 5.41) is 8.58. The fourth-order valence-electron chi connectivity index (χ4n) is 1.85. The lowest BCUT2D eigenvalue weighted by molar-refractivity contribution is -0.139. The molecule has 0 aliphatic heterocycles. The van der Waals surface area contributed by atoms with Crippen LogP contribution in [0.25, 0.3) is 0 Å². The maximum Gasteiger partial charge on any atom is 0.303 e. The maximum absolute atomic E-state index is 10.4. The number of carbonyl (C=O) groups is 1. The van der Waals surface area contributed by atoms with Crippen LogP contribution in [0.5, 0.6) is 0 Å². The van der Waals surface area contributed by atoms with Crippen molar-refractivity contribution in [2.45, 2.75) is 32.6 Å². The Balaban J connectivity index is 2.29. The van der Waals surface area contributed by atoms with Gasteiger partial charge < -0.3 is 5.11 Å². The molecule has 1 aliphatic carbocycles. The van der Waals surface area contributed by atoms with Crippen molar-refractivity contribution in [2.24, 2.45) is 11.8 Å². The predicted octanol–water partition coefficient (Wildman–Crippen LogP) is 2.45. The molecule has 1 fully saturated rings. The van der Waals surface area contributed by atoms with Crippen LogP contribution in [0.2, 0.25) is 0 Å². The predicted molar refractivity (Wildman–Crippen MR) is 47.9 cm³/mol. The quantitative estimate of drug-likeness (QED) is 0.655. The van der Waals surface area contributed by atoms with Crippen LogP contribution in [0.4, 0.5) is 0 Å². The van der Waals surface area contributed by atoms with E-state index in [2.05, 4.69) is 6.58 Å². The van der Waals surface area contributed by atoms with Crippen molar-refractivity contribution in [3.63, 3.8) is 0 Å². The molecule has 0 aromatic rings. The van der Waals surface area contributed by atoms with E-state index in [4.69, 9.17) is 5.11 Å². The molecule has 2 heteroatoms. The van der Waals surface area contributed by atoms with Crippen molar-refractivity contribution < 1.29 is 9.90 Å². The molecule has 0 saturated heterocycles. The minimum Gasteiger partial charge on any atom is -0.481 e. The number of carboxylic acids is 1. The Morgan fingerprint density at radius 3 is 2.25 bits per heavy atom. The van der Waals surface area contributed by atoms with Crippen molar-refractivity contribution in [1.29, 1.82) is 0 Å². The topological polar surface area (TPSA) is 37.3 Å². The Morgan fingerprint density at radius 1 is 1.42 bits per heavy atom. The largest absolute Gasteiger partial charge is 0.481 e. The van der Waals surface area contributed by atoms with Crippen molar-refractivity contribution >= 4 is 5.97 Å². The van der Waals surface area contributed by atoms with Crippen molar-refractivity contribution in [1.82, 2.24) is 0 Å². The smallest absolute Gasteiger partial charge is 0.303 e. The third-order valence-corrected chi connectivity index (χ3v) is 2.62. The number of hydrogen-bond donors (Lipinski definition) is 1. The van der Waals surface area contributed by atoms with Gasteiger partial charge >= 0.3 is 5.97 Å². The van der Waals surface area contributed by atoms with E-state index in [1.807, 2.05) is 6.92 Å². The molecule has 1 rings (SSSR count). The van der Waals surface area contributed by atoms with Gasteiger partial charge in [-0.1, -0.05) is 5.57 Å². The summed E-state index contributed by atoms with van der Waals surface area (Å²) in [5.74, 6) is 0.351. The molecule has 68 valence electrons. The molecule has 0 radical (unpaired) electrons. The highest BCUT2D eigenvalue weighted by molar-refractivity contribution is 5.67. The van der Waals surface area contributed by atoms with Gasteiger partial charge in [-0.2, -0.15) is 0 Å². The molecule has 0 bridgehead atoms. The number of rotatable bonds is 4. The average Bonchev–Trinajstić information content (AvgIpc) is 1.93. The summed E-state index contributed by atoms with van der Waals surface area (Å²) >= 11 is 0. The van der Waals surface area contributed by atoms with Gasteiger partial charge in [0.05, 0.1) is 0 Å². The molecule has 2 atom stereocenters. The molecule has 1 saturated carbocycles. The van der Waals surface area contributed by atoms with E-state index in [0.29, 0.717) is 18.3 Å². The monoisotopic (exact) mass is 168 g/mol. The lowest BCUT2D eigenvalue weighted by Gasteiger charge is -2.35. The van der Waals surface area contributed by atoms with Crippen molar-refractivity contribution in [2.75, 3.05) is 0 Å². The average molecular weight is 168 g/mol. The number of hydrogen-bond acceptors (Lipinski definition) is 1. The summed E-state index contributed by atoms with van der Waals surface area (Å²) in [7, 11) is 0. The fraction of sp³-hybridized carbons (Fsp3) is 0.700. The van der Waals surface area contributed by atoms with Gasteiger partial charge in [-0.05, 0) is 38.0 Å². The van der Waals surface area contributed by atoms with E-state index < -0.39 is 5.97 Å². The summed E-state index contributed by atoms with van der Waals surface area (Å²) in [6, 6.07) is 0. The first-order valence-electron chi connectivity index (χ1n) is 4.45. The number of allylic oxidation sites excluding steroid dienone is 1. The van der Waals surface area contributed by atoms with Crippen LogP contribution in [0.15, 0.2) is 12.2 Å². The van der Waals surface area contributed by atoms with Gasteiger partial charge in [0.2, 0.25) is 0 Å². The molecule has 0 heterocycles. The van der Waals surface area contributed by atoms with Crippen molar-refractivity contribution in [3.8, 4) is 0 Å². The molecule has 1 aliphatic rings. The lowest BCUT2D eigenvalue weighted by Crippen LogP contribution is -2.28. The molecule has 2 nitrogen and oxygen atoms in total. The molecule has 12 heavy (non-hydrogen) atoms. The van der Waals surface area contributed by atoms with Crippen LogP contribution in [0.3, 0.4) is 0 Å². The van der Waals surface area contributed by atoms with Gasteiger partial charge in [-0.15, -0.1) is 6.58 Å². The number of carboxylic acid groups (broad SMARTS) is 1. The van der Waals surface area contributed by atoms with E-state index in [9.17, 15) is 4.79 Å². The van der Waals surface area contributed by atoms with Crippen LogP contribution in [-0.4, -0.2) is 11.1 Å². The summed E-state index contributed by atoms with van der Waals surface area (Å²) in [5.41, 5.74) is 1.18. The summed E-state index contributed by atoms with van der Waals surface area (Å²) in [6.07, 6.45) is 3.63. The van der Waals surface area contributed by atoms with E-state index in [0.717, 1.165) is 12.8 Å². The second-order valence-corrected chi connectivity index (χ2v) is 3.86. The standard InChI is InChI=1S/C10H16O2/c1-7(2)5-8-3-4-9(8)6-10(11)12/h8-9H,1,3-6H2,2H3,(H,11,12). The van der Waals surface area contributed by atoms with Gasteiger partial charge in [0.15, 0.2) is 0 Å². The van der Waals surface area contributed by atoms with Gasteiger partial charge in [-0.3, -0.25) is 4.79 Å². The minimum atomic E-state index is -0.661. The Kier molecular flexibility index (Phi) is 2.90. The van der Waals surface area contributed by atoms with E-state index in [-0.39, 0.29) is 0 Å². The Morgan fingerprint density at radius 2 is 1.92 bits per heavy atom. The normalized spacial score (nSPS) is 27.8. The highest BCUT2D eigenvalue weighted by atomic mass is 16.4. The molecular weight excluding hydrogens is 152 g/mol. The first-order valence-corrected chi connectivity index (χ1v) is 4.45. The Hall–Kier alpha value is -0.790. The van der Waals surface area contributed by atoms with Gasteiger partial charge in [0, 0.05) is 6.42 Å². The van der Waals surface area contributed by atoms with Gasteiger partial charge in [-0.25, -0.2) is 0 Å². The Labute approximate surface area is 73.3 Å². The van der Waals surface area contributed by atoms with Gasteiger partial charge in [0.1, 0.15) is 0 Å². The van der Waals surface area contributed by atoms with E-state index in [1.54, 1.807) is 0 Å². The molecule has 2 unspecified atom stereocenters. The molecule has 0 aromatic carbocycles. The van der Waals surface area contributed by atoms with Crippen LogP contribution in [0.1, 0.15) is 32.6 Å². The second kappa shape index (κ2) is 3.74. The molecule has 0 aromatic heterocycles. The first-order chi connectivity index (χ1) is 5.59. The summed E-state index contributed by atoms with van der Waals surface area (Å²) in [4.78, 5) is 10.4. The zero-order chi connectivity index (χ0) is 9.14. The van der Waals surface area contributed by atoms with Crippen LogP contribution in [-0.2, 0) is 4.79 Å². The van der Waals surface area contributed by atoms with Crippen molar-refractivity contribution in [3.05, 3.63) is 12.2 Å². The third kappa shape index (κ3) is 2.36. The lowest BCUT2D eigenvalue weighted by atomic mass is 9.69. The van der Waals surface area contributed by atoms with Crippen LogP contribution < -0.4 is 0 Å². The maximum atomic E-state index is 10.4. The fourth-order valence-corrected chi connectivity index (χ4v) is 1.85. The van der Waals surface area contributed by atoms with E-state index >= 15 is 0 Å². The third-order valence-electron chi connectivity index (χ3n) is 2.62. The molecule has 0 spiro atoms. The zero-order valence-electron chi connectivity index (χ0n) is 7.55. The molecule has 1 N–H and O–H groups in total.